The van der Waals surface area contributed by atoms with E-state index < -0.39 is 73.0 Å². The highest BCUT2D eigenvalue weighted by Gasteiger charge is 2.43. The van der Waals surface area contributed by atoms with Crippen LogP contribution < -0.4 is 16.0 Å². The zero-order valence-electron chi connectivity index (χ0n) is 24.8. The monoisotopic (exact) mass is 595 g/mol. The number of hydrogen-bond acceptors (Lipinski definition) is 10. The average Bonchev–Trinajstić information content (AvgIpc) is 2.94. The largest absolute Gasteiger partial charge is 0.467 e. The van der Waals surface area contributed by atoms with Gasteiger partial charge in [0.05, 0.1) is 13.2 Å². The first-order valence-electron chi connectivity index (χ1n) is 14.1. The highest BCUT2D eigenvalue weighted by atomic mass is 16.6. The first kappa shape index (κ1) is 34.9. The van der Waals surface area contributed by atoms with Crippen LogP contribution in [0.5, 0.6) is 0 Å². The van der Waals surface area contributed by atoms with Gasteiger partial charge in [-0.15, -0.1) is 0 Å². The number of methoxy groups -OCH3 is 1. The summed E-state index contributed by atoms with van der Waals surface area (Å²) in [6.45, 7) is 7.14. The van der Waals surface area contributed by atoms with Crippen molar-refractivity contribution in [1.29, 1.82) is 0 Å². The maximum Gasteiger partial charge on any atom is 0.408 e. The Kier molecular flexibility index (Phi) is 14.1. The molecule has 0 unspecified atom stereocenters. The van der Waals surface area contributed by atoms with Gasteiger partial charge in [-0.25, -0.2) is 9.59 Å². The van der Waals surface area contributed by atoms with Gasteiger partial charge in [-0.2, -0.15) is 0 Å². The van der Waals surface area contributed by atoms with Crippen LogP contribution in [0.4, 0.5) is 4.79 Å². The molecule has 0 aromatic heterocycles. The Morgan fingerprint density at radius 1 is 0.952 bits per heavy atom. The molecule has 2 rings (SSSR count). The van der Waals surface area contributed by atoms with Gasteiger partial charge in [0.25, 0.3) is 0 Å². The van der Waals surface area contributed by atoms with Crippen LogP contribution in [0, 0.1) is 11.8 Å². The van der Waals surface area contributed by atoms with Crippen molar-refractivity contribution in [3.05, 3.63) is 35.9 Å². The van der Waals surface area contributed by atoms with Gasteiger partial charge >= 0.3 is 12.1 Å². The third-order valence-electron chi connectivity index (χ3n) is 6.71. The van der Waals surface area contributed by atoms with Crippen LogP contribution in [-0.4, -0.2) is 95.5 Å². The van der Waals surface area contributed by atoms with E-state index in [2.05, 4.69) is 20.7 Å². The van der Waals surface area contributed by atoms with Crippen molar-refractivity contribution in [2.75, 3.05) is 13.7 Å². The predicted octanol–water partition coefficient (Wildman–Crippen LogP) is 0.388. The van der Waals surface area contributed by atoms with E-state index in [1.807, 2.05) is 45.9 Å². The Morgan fingerprint density at radius 2 is 1.55 bits per heavy atom. The average molecular weight is 596 g/mol. The molecule has 1 aromatic carbocycles. The molecule has 236 valence electrons. The standard InChI is InChI=1S/C29H45N3O10/c1-16(2)11-19(26(36)30-14-22(34)25-24(35)21(33)13-23(42-25)28(38)40-5)31-27(37)20(12-17(3)4)32-29(39)41-15-18-9-7-6-8-10-18/h6-10,16-17,19-25,33-35H,11-15H2,1-5H3,(H,30,36)(H,31,37)(H,32,39)/t19-,20-,21+,22+,23-,24+,25+/m0/s1. The lowest BCUT2D eigenvalue weighted by Gasteiger charge is -2.38. The van der Waals surface area contributed by atoms with Crippen molar-refractivity contribution >= 4 is 23.9 Å². The molecule has 0 radical (unpaired) electrons. The quantitative estimate of drug-likeness (QED) is 0.164. The van der Waals surface area contributed by atoms with Crippen molar-refractivity contribution in [3.8, 4) is 0 Å². The molecule has 0 spiro atoms. The minimum atomic E-state index is -1.51. The smallest absolute Gasteiger partial charge is 0.408 e. The summed E-state index contributed by atoms with van der Waals surface area (Å²) in [6.07, 6.45) is -7.35. The summed E-state index contributed by atoms with van der Waals surface area (Å²) in [7, 11) is 1.15. The number of nitrogens with one attached hydrogen (secondary N) is 3. The molecule has 1 heterocycles. The Hall–Kier alpha value is -3.26. The van der Waals surface area contributed by atoms with Gasteiger partial charge in [0.1, 0.15) is 37.0 Å². The summed E-state index contributed by atoms with van der Waals surface area (Å²) in [5.41, 5.74) is 0.787. The van der Waals surface area contributed by atoms with Crippen molar-refractivity contribution < 1.29 is 48.7 Å². The van der Waals surface area contributed by atoms with Crippen molar-refractivity contribution in [2.24, 2.45) is 11.8 Å². The van der Waals surface area contributed by atoms with E-state index in [0.29, 0.717) is 6.42 Å². The van der Waals surface area contributed by atoms with Gasteiger partial charge in [0.15, 0.2) is 6.10 Å². The van der Waals surface area contributed by atoms with Gasteiger partial charge < -0.3 is 45.5 Å². The third-order valence-corrected chi connectivity index (χ3v) is 6.71. The van der Waals surface area contributed by atoms with E-state index in [9.17, 15) is 34.5 Å². The molecule has 1 saturated heterocycles. The molecule has 13 heteroatoms. The van der Waals surface area contributed by atoms with Crippen LogP contribution in [0.25, 0.3) is 0 Å². The van der Waals surface area contributed by atoms with E-state index in [0.717, 1.165) is 12.7 Å². The number of aliphatic hydroxyl groups is 3. The fraction of sp³-hybridized carbons (Fsp3) is 0.655. The molecular weight excluding hydrogens is 550 g/mol. The van der Waals surface area contributed by atoms with Gasteiger partial charge in [-0.1, -0.05) is 58.0 Å². The second-order valence-corrected chi connectivity index (χ2v) is 11.3. The molecule has 1 fully saturated rings. The molecule has 13 nitrogen and oxygen atoms in total. The molecule has 0 bridgehead atoms. The summed E-state index contributed by atoms with van der Waals surface area (Å²) >= 11 is 0. The number of rotatable bonds is 14. The minimum absolute atomic E-state index is 0.00205. The summed E-state index contributed by atoms with van der Waals surface area (Å²) in [5.74, 6) is -1.92. The topological polar surface area (TPSA) is 193 Å². The normalized spacial score (nSPS) is 22.5. The number of amides is 3. The number of carbonyl (C=O) groups excluding carboxylic acids is 4. The number of esters is 1. The Balaban J connectivity index is 2.02. The van der Waals surface area contributed by atoms with Crippen LogP contribution >= 0.6 is 0 Å². The van der Waals surface area contributed by atoms with Crippen LogP contribution in [0.15, 0.2) is 30.3 Å². The lowest BCUT2D eigenvalue weighted by molar-refractivity contribution is -0.210. The number of alkyl carbamates (subject to hydrolysis) is 1. The number of benzene rings is 1. The first-order valence-corrected chi connectivity index (χ1v) is 14.1. The molecule has 1 aliphatic heterocycles. The van der Waals surface area contributed by atoms with Crippen LogP contribution in [0.2, 0.25) is 0 Å². The second kappa shape index (κ2) is 17.0. The fourth-order valence-corrected chi connectivity index (χ4v) is 4.53. The summed E-state index contributed by atoms with van der Waals surface area (Å²) in [6, 6.07) is 7.11. The molecule has 1 aliphatic rings. The van der Waals surface area contributed by atoms with Crippen molar-refractivity contribution in [2.45, 2.75) is 96.2 Å². The van der Waals surface area contributed by atoms with Gasteiger partial charge in [0, 0.05) is 13.0 Å². The van der Waals surface area contributed by atoms with E-state index in [4.69, 9.17) is 9.47 Å². The highest BCUT2D eigenvalue weighted by Crippen LogP contribution is 2.23. The summed E-state index contributed by atoms with van der Waals surface area (Å²) < 4.78 is 15.3. The SMILES string of the molecule is COC(=O)[C@@H]1C[C@@H](O)[C@@H](O)[C@@H]([C@H](O)CNC(=O)[C@H](CC(C)C)NC(=O)[C@H](CC(C)C)NC(=O)OCc2ccccc2)O1. The summed E-state index contributed by atoms with van der Waals surface area (Å²) in [4.78, 5) is 50.7. The highest BCUT2D eigenvalue weighted by molar-refractivity contribution is 5.91. The molecule has 0 saturated carbocycles. The first-order chi connectivity index (χ1) is 19.8. The van der Waals surface area contributed by atoms with Gasteiger partial charge in [0.2, 0.25) is 11.8 Å². The Morgan fingerprint density at radius 3 is 2.12 bits per heavy atom. The third kappa shape index (κ3) is 11.2. The predicted molar refractivity (Wildman–Crippen MR) is 151 cm³/mol. The maximum atomic E-state index is 13.2. The maximum absolute atomic E-state index is 13.2. The molecule has 1 aromatic rings. The van der Waals surface area contributed by atoms with E-state index in [1.54, 1.807) is 12.1 Å². The van der Waals surface area contributed by atoms with Gasteiger partial charge in [-0.3, -0.25) is 9.59 Å². The number of hydrogen-bond donors (Lipinski definition) is 6. The van der Waals surface area contributed by atoms with Crippen molar-refractivity contribution in [1.82, 2.24) is 16.0 Å². The number of ether oxygens (including phenoxy) is 3. The second-order valence-electron chi connectivity index (χ2n) is 11.3. The molecule has 0 aliphatic carbocycles. The summed E-state index contributed by atoms with van der Waals surface area (Å²) in [5, 5.41) is 38.9. The zero-order chi connectivity index (χ0) is 31.4. The number of carbonyl (C=O) groups is 4. The van der Waals surface area contributed by atoms with Crippen LogP contribution in [0.1, 0.15) is 52.5 Å². The molecule has 42 heavy (non-hydrogen) atoms. The zero-order valence-corrected chi connectivity index (χ0v) is 24.8. The van der Waals surface area contributed by atoms with Crippen LogP contribution in [-0.2, 0) is 35.2 Å². The number of aliphatic hydroxyl groups excluding tert-OH is 3. The fourth-order valence-electron chi connectivity index (χ4n) is 4.53. The van der Waals surface area contributed by atoms with E-state index >= 15 is 0 Å². The Labute approximate surface area is 246 Å². The lowest BCUT2D eigenvalue weighted by atomic mass is 9.94. The minimum Gasteiger partial charge on any atom is -0.467 e. The lowest BCUT2D eigenvalue weighted by Crippen LogP contribution is -2.58. The Bertz CT molecular complexity index is 1020. The van der Waals surface area contributed by atoms with E-state index in [1.165, 1.54) is 0 Å². The van der Waals surface area contributed by atoms with Crippen molar-refractivity contribution in [3.63, 3.8) is 0 Å². The molecule has 3 amide bonds. The molecular formula is C29H45N3O10. The molecule has 7 atom stereocenters. The van der Waals surface area contributed by atoms with Gasteiger partial charge in [-0.05, 0) is 30.2 Å². The molecule has 6 N–H and O–H groups in total. The van der Waals surface area contributed by atoms with E-state index in [-0.39, 0.29) is 31.3 Å². The van der Waals surface area contributed by atoms with Crippen LogP contribution in [0.3, 0.4) is 0 Å².